The molecule has 0 N–H and O–H groups in total. The average Bonchev–Trinajstić information content (AvgIpc) is 3.49. The molecule has 6 nitrogen and oxygen atoms in total. The molecular formula is C77H128O6. The molecule has 0 fully saturated rings. The Balaban J connectivity index is 4.33. The first-order valence-electron chi connectivity index (χ1n) is 34.7. The summed E-state index contributed by atoms with van der Waals surface area (Å²) < 4.78 is 16.9. The van der Waals surface area contributed by atoms with E-state index in [0.29, 0.717) is 19.3 Å². The van der Waals surface area contributed by atoms with Crippen LogP contribution in [0, 0.1) is 0 Å². The largest absolute Gasteiger partial charge is 0.462 e. The van der Waals surface area contributed by atoms with Gasteiger partial charge >= 0.3 is 17.9 Å². The number of unbranched alkanes of at least 4 members (excludes halogenated alkanes) is 29. The molecule has 1 unspecified atom stereocenters. The fourth-order valence-electron chi connectivity index (χ4n) is 9.49. The van der Waals surface area contributed by atoms with Gasteiger partial charge in [0.05, 0.1) is 0 Å². The summed E-state index contributed by atoms with van der Waals surface area (Å²) in [6, 6.07) is 0. The highest BCUT2D eigenvalue weighted by atomic mass is 16.6. The van der Waals surface area contributed by atoms with Gasteiger partial charge in [-0.2, -0.15) is 0 Å². The maximum absolute atomic E-state index is 13.0. The third-order valence-corrected chi connectivity index (χ3v) is 14.6. The Kier molecular flexibility index (Phi) is 66.3. The van der Waals surface area contributed by atoms with Gasteiger partial charge in [-0.25, -0.2) is 0 Å². The lowest BCUT2D eigenvalue weighted by Crippen LogP contribution is -2.30. The van der Waals surface area contributed by atoms with Gasteiger partial charge in [0.25, 0.3) is 0 Å². The molecule has 0 saturated heterocycles. The molecule has 0 aliphatic heterocycles. The molecule has 0 bridgehead atoms. The maximum Gasteiger partial charge on any atom is 0.306 e. The van der Waals surface area contributed by atoms with Gasteiger partial charge in [0.15, 0.2) is 6.10 Å². The summed E-state index contributed by atoms with van der Waals surface area (Å²) in [5.74, 6) is -0.924. The average molecular weight is 1150 g/mol. The number of carbonyl (C=O) groups is 3. The zero-order chi connectivity index (χ0) is 59.9. The van der Waals surface area contributed by atoms with Crippen LogP contribution < -0.4 is 0 Å². The number of hydrogen-bond acceptors (Lipinski definition) is 6. The van der Waals surface area contributed by atoms with Crippen LogP contribution in [0.1, 0.15) is 316 Å². The van der Waals surface area contributed by atoms with Crippen LogP contribution in [0.25, 0.3) is 0 Å². The van der Waals surface area contributed by atoms with Crippen LogP contribution in [-0.2, 0) is 28.6 Å². The number of ether oxygens (including phenoxy) is 3. The second-order valence-electron chi connectivity index (χ2n) is 22.7. The van der Waals surface area contributed by atoms with Crippen molar-refractivity contribution in [3.8, 4) is 0 Å². The van der Waals surface area contributed by atoms with E-state index in [4.69, 9.17) is 14.2 Å². The summed E-state index contributed by atoms with van der Waals surface area (Å²) >= 11 is 0. The van der Waals surface area contributed by atoms with Crippen molar-refractivity contribution in [1.82, 2.24) is 0 Å². The Morgan fingerprint density at radius 3 is 0.747 bits per heavy atom. The molecular weight excluding hydrogens is 1020 g/mol. The molecule has 0 amide bonds. The smallest absolute Gasteiger partial charge is 0.306 e. The minimum Gasteiger partial charge on any atom is -0.462 e. The van der Waals surface area contributed by atoms with Crippen molar-refractivity contribution in [2.24, 2.45) is 0 Å². The van der Waals surface area contributed by atoms with Gasteiger partial charge in [-0.1, -0.05) is 296 Å². The molecule has 0 aliphatic rings. The summed E-state index contributed by atoms with van der Waals surface area (Å²) in [5.41, 5.74) is 0. The van der Waals surface area contributed by atoms with Gasteiger partial charge in [-0.05, 0) is 135 Å². The fourth-order valence-corrected chi connectivity index (χ4v) is 9.49. The zero-order valence-electron chi connectivity index (χ0n) is 54.2. The van der Waals surface area contributed by atoms with Crippen LogP contribution in [0.5, 0.6) is 0 Å². The second kappa shape index (κ2) is 70.0. The quantitative estimate of drug-likeness (QED) is 0.0261. The topological polar surface area (TPSA) is 78.9 Å². The Morgan fingerprint density at radius 1 is 0.253 bits per heavy atom. The minimum absolute atomic E-state index is 0.0931. The zero-order valence-corrected chi connectivity index (χ0v) is 54.2. The van der Waals surface area contributed by atoms with Crippen molar-refractivity contribution in [2.75, 3.05) is 13.2 Å². The first-order valence-corrected chi connectivity index (χ1v) is 34.7. The van der Waals surface area contributed by atoms with E-state index >= 15 is 0 Å². The van der Waals surface area contributed by atoms with Gasteiger partial charge in [0.2, 0.25) is 0 Å². The summed E-state index contributed by atoms with van der Waals surface area (Å²) in [6.45, 7) is 6.39. The lowest BCUT2D eigenvalue weighted by Gasteiger charge is -2.18. The van der Waals surface area contributed by atoms with E-state index in [1.165, 1.54) is 148 Å². The van der Waals surface area contributed by atoms with Crippen LogP contribution in [-0.4, -0.2) is 37.2 Å². The van der Waals surface area contributed by atoms with Crippen molar-refractivity contribution in [1.29, 1.82) is 0 Å². The molecule has 0 aromatic rings. The predicted molar refractivity (Wildman–Crippen MR) is 362 cm³/mol. The van der Waals surface area contributed by atoms with Crippen molar-refractivity contribution in [3.05, 3.63) is 134 Å². The van der Waals surface area contributed by atoms with Crippen molar-refractivity contribution < 1.29 is 28.6 Å². The van der Waals surface area contributed by atoms with Crippen molar-refractivity contribution in [2.45, 2.75) is 322 Å². The SMILES string of the molecule is CC/C=C\C/C=C\C/C=C\C/C=C\C/C=C\CCCCCCCCCCCCCC(=O)OCC(COC(=O)CCCCC/C=C\C/C=C\C/C=C\CC)OC(=O)CCCCCCCCCCCC/C=C\C/C=C\C/C=C\CCCCCCC. The molecule has 472 valence electrons. The van der Waals surface area contributed by atoms with E-state index in [2.05, 4.69) is 154 Å². The first-order chi connectivity index (χ1) is 41.0. The van der Waals surface area contributed by atoms with E-state index in [9.17, 15) is 14.4 Å². The number of allylic oxidation sites excluding steroid dienone is 22. The number of esters is 3. The molecule has 0 heterocycles. The van der Waals surface area contributed by atoms with Crippen LogP contribution in [0.3, 0.4) is 0 Å². The molecule has 6 heteroatoms. The molecule has 0 rings (SSSR count). The van der Waals surface area contributed by atoms with Crippen LogP contribution in [0.4, 0.5) is 0 Å². The maximum atomic E-state index is 13.0. The van der Waals surface area contributed by atoms with E-state index in [1.807, 2.05) is 0 Å². The molecule has 0 aromatic carbocycles. The van der Waals surface area contributed by atoms with Gasteiger partial charge in [-0.15, -0.1) is 0 Å². The van der Waals surface area contributed by atoms with Crippen molar-refractivity contribution in [3.63, 3.8) is 0 Å². The third kappa shape index (κ3) is 68.2. The highest BCUT2D eigenvalue weighted by Gasteiger charge is 2.19. The standard InChI is InChI=1S/C77H128O6/c1-4-7-10-13-16-19-22-25-27-29-31-33-35-37-38-40-41-43-45-47-49-52-55-58-61-64-67-70-76(79)82-73-74(72-81-75(78)69-66-63-60-57-54-51-24-21-18-15-12-9-6-3)83-77(80)71-68-65-62-59-56-53-50-48-46-44-42-39-36-34-32-30-28-26-23-20-17-14-11-8-5-2/h7,9-10,12,16,18-19,21,23,25-27,30-33,36-39,51,54,74H,4-6,8,11,13-15,17,20,22,24,28-29,34-35,40-50,52-53,55-73H2,1-3H3/b10-7-,12-9-,19-16-,21-18-,26-23-,27-25-,32-30-,33-31-,38-37-,39-36-,54-51-. The van der Waals surface area contributed by atoms with Crippen molar-refractivity contribution >= 4 is 17.9 Å². The number of hydrogen-bond donors (Lipinski definition) is 0. The predicted octanol–water partition coefficient (Wildman–Crippen LogP) is 24.1. The molecule has 0 radical (unpaired) electrons. The van der Waals surface area contributed by atoms with E-state index in [1.54, 1.807) is 0 Å². The van der Waals surface area contributed by atoms with Crippen LogP contribution >= 0.6 is 0 Å². The lowest BCUT2D eigenvalue weighted by atomic mass is 10.0. The molecule has 0 spiro atoms. The van der Waals surface area contributed by atoms with E-state index in [-0.39, 0.29) is 31.1 Å². The summed E-state index contributed by atoms with van der Waals surface area (Å²) in [5, 5.41) is 0. The Hall–Kier alpha value is -4.45. The highest BCUT2D eigenvalue weighted by molar-refractivity contribution is 5.71. The van der Waals surface area contributed by atoms with Gasteiger partial charge in [-0.3, -0.25) is 14.4 Å². The molecule has 0 aliphatic carbocycles. The Bertz CT molecular complexity index is 1750. The number of carbonyl (C=O) groups excluding carboxylic acids is 3. The third-order valence-electron chi connectivity index (χ3n) is 14.6. The van der Waals surface area contributed by atoms with Gasteiger partial charge in [0.1, 0.15) is 13.2 Å². The van der Waals surface area contributed by atoms with Crippen LogP contribution in [0.2, 0.25) is 0 Å². The minimum atomic E-state index is -0.800. The number of rotatable bonds is 62. The first kappa shape index (κ1) is 78.5. The lowest BCUT2D eigenvalue weighted by molar-refractivity contribution is -0.167. The van der Waals surface area contributed by atoms with Crippen LogP contribution in [0.15, 0.2) is 134 Å². The molecule has 1 atom stereocenters. The van der Waals surface area contributed by atoms with E-state index < -0.39 is 6.10 Å². The monoisotopic (exact) mass is 1150 g/mol. The van der Waals surface area contributed by atoms with Gasteiger partial charge < -0.3 is 14.2 Å². The Morgan fingerprint density at radius 2 is 0.470 bits per heavy atom. The molecule has 83 heavy (non-hydrogen) atoms. The molecule has 0 saturated carbocycles. The van der Waals surface area contributed by atoms with E-state index in [0.717, 1.165) is 128 Å². The highest BCUT2D eigenvalue weighted by Crippen LogP contribution is 2.16. The molecule has 0 aromatic heterocycles. The second-order valence-corrected chi connectivity index (χ2v) is 22.7. The summed E-state index contributed by atoms with van der Waals surface area (Å²) in [4.78, 5) is 38.4. The Labute approximate surface area is 513 Å². The summed E-state index contributed by atoms with van der Waals surface area (Å²) in [6.07, 6.45) is 99.0. The normalized spacial score (nSPS) is 13.0. The summed E-state index contributed by atoms with van der Waals surface area (Å²) in [7, 11) is 0. The fraction of sp³-hybridized carbons (Fsp3) is 0.675. The van der Waals surface area contributed by atoms with Gasteiger partial charge in [0, 0.05) is 19.3 Å².